The third kappa shape index (κ3) is 4.96. The van der Waals surface area contributed by atoms with Crippen molar-refractivity contribution in [1.82, 2.24) is 0 Å². The second-order valence-electron chi connectivity index (χ2n) is 5.09. The van der Waals surface area contributed by atoms with Gasteiger partial charge in [-0.3, -0.25) is 4.72 Å². The molecule has 0 aliphatic rings. The maximum Gasteiger partial charge on any atom is 0.229 e. The van der Waals surface area contributed by atoms with E-state index in [9.17, 15) is 8.42 Å². The number of rotatable bonds is 6. The number of nitrogens with one attached hydrogen (secondary N) is 2. The Morgan fingerprint density at radius 1 is 0.955 bits per heavy atom. The molecule has 118 valence electrons. The lowest BCUT2D eigenvalue weighted by Gasteiger charge is -2.16. The van der Waals surface area contributed by atoms with Gasteiger partial charge in [-0.1, -0.05) is 12.1 Å². The second-order valence-corrected chi connectivity index (χ2v) is 7.72. The quantitative estimate of drug-likeness (QED) is 0.784. The summed E-state index contributed by atoms with van der Waals surface area (Å²) in [6.07, 6.45) is 3.19. The minimum absolute atomic E-state index is 0.132. The summed E-state index contributed by atoms with van der Waals surface area (Å²) >= 11 is 1.71. The van der Waals surface area contributed by atoms with E-state index in [-0.39, 0.29) is 6.04 Å². The lowest BCUT2D eigenvalue weighted by molar-refractivity contribution is 0.607. The van der Waals surface area contributed by atoms with Crippen LogP contribution in [0.2, 0.25) is 0 Å². The summed E-state index contributed by atoms with van der Waals surface area (Å²) < 4.78 is 24.8. The van der Waals surface area contributed by atoms with Gasteiger partial charge >= 0.3 is 0 Å². The van der Waals surface area contributed by atoms with E-state index in [0.29, 0.717) is 5.69 Å². The summed E-state index contributed by atoms with van der Waals surface area (Å²) in [7, 11) is -3.23. The van der Waals surface area contributed by atoms with Crippen molar-refractivity contribution in [1.29, 1.82) is 0 Å². The largest absolute Gasteiger partial charge is 0.379 e. The number of benzene rings is 2. The molecule has 0 aliphatic heterocycles. The Balaban J connectivity index is 2.04. The van der Waals surface area contributed by atoms with Crippen LogP contribution in [0.15, 0.2) is 53.4 Å². The van der Waals surface area contributed by atoms with Gasteiger partial charge in [0.25, 0.3) is 0 Å². The summed E-state index contributed by atoms with van der Waals surface area (Å²) in [5.41, 5.74) is 2.72. The molecular formula is C16H20N2O2S2. The predicted octanol–water partition coefficient (Wildman–Crippen LogP) is 3.95. The molecule has 0 heterocycles. The number of hydrogen-bond donors (Lipinski definition) is 2. The van der Waals surface area contributed by atoms with Gasteiger partial charge in [0, 0.05) is 22.3 Å². The van der Waals surface area contributed by atoms with Gasteiger partial charge in [0.2, 0.25) is 10.0 Å². The third-order valence-electron chi connectivity index (χ3n) is 3.19. The van der Waals surface area contributed by atoms with Crippen molar-refractivity contribution >= 4 is 33.2 Å². The molecule has 4 nitrogen and oxygen atoms in total. The molecule has 0 unspecified atom stereocenters. The van der Waals surface area contributed by atoms with Gasteiger partial charge in [0.15, 0.2) is 0 Å². The van der Waals surface area contributed by atoms with Crippen molar-refractivity contribution < 1.29 is 8.42 Å². The second kappa shape index (κ2) is 7.07. The number of anilines is 2. The zero-order chi connectivity index (χ0) is 16.2. The van der Waals surface area contributed by atoms with Crippen LogP contribution >= 0.6 is 11.8 Å². The Labute approximate surface area is 136 Å². The van der Waals surface area contributed by atoms with Crippen LogP contribution in [-0.4, -0.2) is 20.9 Å². The minimum Gasteiger partial charge on any atom is -0.379 e. The highest BCUT2D eigenvalue weighted by molar-refractivity contribution is 7.98. The molecule has 2 aromatic carbocycles. The van der Waals surface area contributed by atoms with Crippen molar-refractivity contribution in [3.8, 4) is 0 Å². The maximum absolute atomic E-state index is 11.2. The van der Waals surface area contributed by atoms with E-state index in [1.807, 2.05) is 12.1 Å². The highest BCUT2D eigenvalue weighted by Gasteiger charge is 2.07. The van der Waals surface area contributed by atoms with Crippen LogP contribution in [0.25, 0.3) is 0 Å². The third-order valence-corrected chi connectivity index (χ3v) is 4.54. The normalized spacial score (nSPS) is 12.7. The van der Waals surface area contributed by atoms with Gasteiger partial charge in [0.1, 0.15) is 0 Å². The molecule has 22 heavy (non-hydrogen) atoms. The first-order valence-electron chi connectivity index (χ1n) is 6.86. The fourth-order valence-electron chi connectivity index (χ4n) is 2.07. The lowest BCUT2D eigenvalue weighted by atomic mass is 10.1. The highest BCUT2D eigenvalue weighted by Crippen LogP contribution is 2.23. The molecule has 2 aromatic rings. The van der Waals surface area contributed by atoms with E-state index in [4.69, 9.17) is 0 Å². The Kier molecular flexibility index (Phi) is 5.37. The molecule has 0 saturated heterocycles. The fourth-order valence-corrected chi connectivity index (χ4v) is 3.05. The van der Waals surface area contributed by atoms with Crippen LogP contribution < -0.4 is 10.0 Å². The smallest absolute Gasteiger partial charge is 0.229 e. The van der Waals surface area contributed by atoms with E-state index >= 15 is 0 Å². The van der Waals surface area contributed by atoms with Crippen molar-refractivity contribution in [2.45, 2.75) is 17.9 Å². The van der Waals surface area contributed by atoms with Gasteiger partial charge in [-0.15, -0.1) is 11.8 Å². The van der Waals surface area contributed by atoms with E-state index in [1.165, 1.54) is 4.90 Å². The molecule has 2 N–H and O–H groups in total. The van der Waals surface area contributed by atoms with Crippen molar-refractivity contribution in [2.24, 2.45) is 0 Å². The van der Waals surface area contributed by atoms with E-state index in [1.54, 1.807) is 23.9 Å². The molecule has 0 aromatic heterocycles. The average Bonchev–Trinajstić information content (AvgIpc) is 2.47. The number of thioether (sulfide) groups is 1. The van der Waals surface area contributed by atoms with Crippen LogP contribution in [-0.2, 0) is 10.0 Å². The van der Waals surface area contributed by atoms with Gasteiger partial charge in [-0.05, 0) is 55.1 Å². The molecule has 0 saturated carbocycles. The topological polar surface area (TPSA) is 58.2 Å². The van der Waals surface area contributed by atoms with E-state index < -0.39 is 10.0 Å². The highest BCUT2D eigenvalue weighted by atomic mass is 32.2. The summed E-state index contributed by atoms with van der Waals surface area (Å²) in [6, 6.07) is 15.8. The first kappa shape index (κ1) is 16.7. The Bertz CT molecular complexity index is 711. The molecule has 0 aliphatic carbocycles. The molecule has 6 heteroatoms. The Morgan fingerprint density at radius 3 is 2.00 bits per heavy atom. The van der Waals surface area contributed by atoms with Crippen molar-refractivity contribution in [3.63, 3.8) is 0 Å². The molecule has 0 amide bonds. The Morgan fingerprint density at radius 2 is 1.50 bits per heavy atom. The zero-order valence-corrected chi connectivity index (χ0v) is 14.5. The number of sulfonamides is 1. The van der Waals surface area contributed by atoms with Crippen molar-refractivity contribution in [2.75, 3.05) is 22.6 Å². The predicted molar refractivity (Wildman–Crippen MR) is 95.2 cm³/mol. The molecule has 0 spiro atoms. The summed E-state index contributed by atoms with van der Waals surface area (Å²) in [5.74, 6) is 0. The first-order chi connectivity index (χ1) is 10.4. The van der Waals surface area contributed by atoms with Crippen LogP contribution in [0, 0.1) is 0 Å². The van der Waals surface area contributed by atoms with Crippen molar-refractivity contribution in [3.05, 3.63) is 54.1 Å². The average molecular weight is 336 g/mol. The van der Waals surface area contributed by atoms with E-state index in [0.717, 1.165) is 17.5 Å². The van der Waals surface area contributed by atoms with Crippen LogP contribution in [0.3, 0.4) is 0 Å². The summed E-state index contributed by atoms with van der Waals surface area (Å²) in [6.45, 7) is 2.07. The van der Waals surface area contributed by atoms with Gasteiger partial charge in [-0.25, -0.2) is 8.42 Å². The summed E-state index contributed by atoms with van der Waals surface area (Å²) in [5, 5.41) is 3.43. The van der Waals surface area contributed by atoms with Crippen LogP contribution in [0.1, 0.15) is 18.5 Å². The monoisotopic (exact) mass is 336 g/mol. The van der Waals surface area contributed by atoms with Crippen LogP contribution in [0.4, 0.5) is 11.4 Å². The SMILES string of the molecule is CSc1ccc(N[C@@H](C)c2ccc(NS(C)(=O)=O)cc2)cc1. The first-order valence-corrected chi connectivity index (χ1v) is 9.97. The van der Waals surface area contributed by atoms with Gasteiger partial charge in [-0.2, -0.15) is 0 Å². The fraction of sp³-hybridized carbons (Fsp3) is 0.250. The molecule has 0 bridgehead atoms. The molecule has 0 fully saturated rings. The van der Waals surface area contributed by atoms with Gasteiger partial charge < -0.3 is 5.32 Å². The zero-order valence-electron chi connectivity index (χ0n) is 12.8. The molecule has 0 radical (unpaired) electrons. The molecule has 1 atom stereocenters. The molecular weight excluding hydrogens is 316 g/mol. The standard InChI is InChI=1S/C16H20N2O2S2/c1-12(17-14-8-10-16(21-2)11-9-14)13-4-6-15(7-5-13)18-22(3,19)20/h4-12,17-18H,1-3H3/t12-/m0/s1. The van der Waals surface area contributed by atoms with E-state index in [2.05, 4.69) is 47.5 Å². The minimum atomic E-state index is -3.23. The van der Waals surface area contributed by atoms with Crippen LogP contribution in [0.5, 0.6) is 0 Å². The Hall–Kier alpha value is -1.66. The number of hydrogen-bond acceptors (Lipinski definition) is 4. The lowest BCUT2D eigenvalue weighted by Crippen LogP contribution is -2.10. The maximum atomic E-state index is 11.2. The molecule has 2 rings (SSSR count). The summed E-state index contributed by atoms with van der Waals surface area (Å²) in [4.78, 5) is 1.23. The van der Waals surface area contributed by atoms with Gasteiger partial charge in [0.05, 0.1) is 6.26 Å².